The molecule has 3 aromatic rings. The number of rotatable bonds is 2. The van der Waals surface area contributed by atoms with Crippen LogP contribution in [-0.2, 0) is 4.79 Å². The Hall–Kier alpha value is -2.47. The number of hydrogen-bond acceptors (Lipinski definition) is 4. The molecule has 5 nitrogen and oxygen atoms in total. The molecule has 0 radical (unpaired) electrons. The Bertz CT molecular complexity index is 953. The van der Waals surface area contributed by atoms with Crippen LogP contribution in [0.4, 0.5) is 5.95 Å². The molecule has 6 heteroatoms. The minimum atomic E-state index is 0.124. The average molecular weight is 411 g/mol. The smallest absolute Gasteiger partial charge is 0.226 e. The quantitative estimate of drug-likeness (QED) is 0.645. The van der Waals surface area contributed by atoms with Gasteiger partial charge in [0.15, 0.2) is 0 Å². The van der Waals surface area contributed by atoms with Gasteiger partial charge in [0, 0.05) is 48.5 Å². The molecule has 2 aromatic carbocycles. The molecule has 0 aliphatic carbocycles. The largest absolute Gasteiger partial charge is 0.339 e. The number of aromatic nitrogens is 2. The summed E-state index contributed by atoms with van der Waals surface area (Å²) in [5, 5.41) is 1.02. The lowest BCUT2D eigenvalue weighted by molar-refractivity contribution is -0.129. The maximum Gasteiger partial charge on any atom is 0.226 e. The first-order valence-electron chi connectivity index (χ1n) is 8.65. The second kappa shape index (κ2) is 7.03. The van der Waals surface area contributed by atoms with Crippen LogP contribution in [0, 0.1) is 0 Å². The third kappa shape index (κ3) is 3.29. The molecule has 0 bridgehead atoms. The van der Waals surface area contributed by atoms with Gasteiger partial charge in [0.2, 0.25) is 11.9 Å². The molecule has 1 aliphatic heterocycles. The zero-order valence-corrected chi connectivity index (χ0v) is 16.1. The van der Waals surface area contributed by atoms with Crippen LogP contribution < -0.4 is 4.90 Å². The molecule has 1 fully saturated rings. The molecule has 1 amide bonds. The second-order valence-electron chi connectivity index (χ2n) is 6.39. The Morgan fingerprint density at radius 2 is 1.73 bits per heavy atom. The predicted molar refractivity (Wildman–Crippen MR) is 107 cm³/mol. The summed E-state index contributed by atoms with van der Waals surface area (Å²) >= 11 is 3.55. The van der Waals surface area contributed by atoms with Crippen molar-refractivity contribution in [1.82, 2.24) is 14.9 Å². The minimum Gasteiger partial charge on any atom is -0.339 e. The van der Waals surface area contributed by atoms with E-state index < -0.39 is 0 Å². The summed E-state index contributed by atoms with van der Waals surface area (Å²) < 4.78 is 1.01. The predicted octanol–water partition coefficient (Wildman–Crippen LogP) is 3.73. The summed E-state index contributed by atoms with van der Waals surface area (Å²) in [5.74, 6) is 0.848. The van der Waals surface area contributed by atoms with Crippen molar-refractivity contribution in [3.63, 3.8) is 0 Å². The van der Waals surface area contributed by atoms with Crippen LogP contribution in [0.5, 0.6) is 0 Å². The summed E-state index contributed by atoms with van der Waals surface area (Å²) in [4.78, 5) is 25.3. The fourth-order valence-electron chi connectivity index (χ4n) is 3.27. The van der Waals surface area contributed by atoms with Crippen LogP contribution in [0.15, 0.2) is 53.0 Å². The lowest BCUT2D eigenvalue weighted by Crippen LogP contribution is -2.48. The van der Waals surface area contributed by atoms with Gasteiger partial charge in [-0.2, -0.15) is 0 Å². The normalized spacial score (nSPS) is 14.7. The molecule has 1 saturated heterocycles. The van der Waals surface area contributed by atoms with E-state index in [0.29, 0.717) is 13.1 Å². The number of benzene rings is 2. The summed E-state index contributed by atoms with van der Waals surface area (Å²) in [6.45, 7) is 4.52. The van der Waals surface area contributed by atoms with Crippen molar-refractivity contribution in [2.45, 2.75) is 6.92 Å². The second-order valence-corrected chi connectivity index (χ2v) is 7.31. The van der Waals surface area contributed by atoms with Crippen molar-refractivity contribution in [1.29, 1.82) is 0 Å². The monoisotopic (exact) mass is 410 g/mol. The van der Waals surface area contributed by atoms with Gasteiger partial charge in [0.25, 0.3) is 0 Å². The Morgan fingerprint density at radius 1 is 1.00 bits per heavy atom. The highest BCUT2D eigenvalue weighted by Gasteiger charge is 2.22. The number of carbonyl (C=O) groups is 1. The van der Waals surface area contributed by atoms with Gasteiger partial charge < -0.3 is 9.80 Å². The number of nitrogens with zero attached hydrogens (tertiary/aromatic N) is 4. The van der Waals surface area contributed by atoms with E-state index in [1.807, 2.05) is 35.2 Å². The van der Waals surface area contributed by atoms with Crippen molar-refractivity contribution in [2.75, 3.05) is 31.1 Å². The number of carbonyl (C=O) groups excluding carboxylic acids is 1. The van der Waals surface area contributed by atoms with Crippen LogP contribution in [0.3, 0.4) is 0 Å². The zero-order chi connectivity index (χ0) is 18.1. The van der Waals surface area contributed by atoms with Gasteiger partial charge in [-0.25, -0.2) is 9.97 Å². The van der Waals surface area contributed by atoms with E-state index in [2.05, 4.69) is 39.0 Å². The topological polar surface area (TPSA) is 49.3 Å². The zero-order valence-electron chi connectivity index (χ0n) is 14.5. The van der Waals surface area contributed by atoms with Crippen LogP contribution in [0.25, 0.3) is 22.2 Å². The van der Waals surface area contributed by atoms with Gasteiger partial charge in [0.05, 0.1) is 11.2 Å². The van der Waals surface area contributed by atoms with E-state index in [9.17, 15) is 4.79 Å². The number of halogens is 1. The molecule has 1 aromatic heterocycles. The molecule has 1 aliphatic rings. The first kappa shape index (κ1) is 17.0. The highest BCUT2D eigenvalue weighted by Crippen LogP contribution is 2.30. The molecule has 0 spiro atoms. The number of piperazine rings is 1. The first-order chi connectivity index (χ1) is 12.6. The van der Waals surface area contributed by atoms with Gasteiger partial charge in [-0.15, -0.1) is 0 Å². The van der Waals surface area contributed by atoms with Gasteiger partial charge in [-0.05, 0) is 18.2 Å². The number of hydrogen-bond donors (Lipinski definition) is 0. The minimum absolute atomic E-state index is 0.124. The van der Waals surface area contributed by atoms with Gasteiger partial charge in [-0.3, -0.25) is 4.79 Å². The molecule has 4 rings (SSSR count). The maximum atomic E-state index is 11.6. The van der Waals surface area contributed by atoms with Crippen molar-refractivity contribution in [3.8, 4) is 11.3 Å². The SMILES string of the molecule is CC(=O)N1CCN(c2nc(-c3ccccc3)c3cc(Br)ccc3n2)CC1. The van der Waals surface area contributed by atoms with Crippen molar-refractivity contribution in [2.24, 2.45) is 0 Å². The Kier molecular flexibility index (Phi) is 4.59. The van der Waals surface area contributed by atoms with Crippen molar-refractivity contribution >= 4 is 38.7 Å². The molecule has 0 saturated carbocycles. The molecule has 0 N–H and O–H groups in total. The summed E-state index contributed by atoms with van der Waals surface area (Å²) in [6.07, 6.45) is 0. The average Bonchev–Trinajstić information content (AvgIpc) is 2.68. The van der Waals surface area contributed by atoms with Crippen LogP contribution in [-0.4, -0.2) is 47.0 Å². The van der Waals surface area contributed by atoms with Gasteiger partial charge >= 0.3 is 0 Å². The first-order valence-corrected chi connectivity index (χ1v) is 9.44. The molecule has 132 valence electrons. The van der Waals surface area contributed by atoms with E-state index in [4.69, 9.17) is 9.97 Å². The van der Waals surface area contributed by atoms with E-state index >= 15 is 0 Å². The summed E-state index contributed by atoms with van der Waals surface area (Å²) in [6, 6.07) is 16.3. The van der Waals surface area contributed by atoms with Crippen LogP contribution in [0.2, 0.25) is 0 Å². The lowest BCUT2D eigenvalue weighted by Gasteiger charge is -2.34. The third-order valence-corrected chi connectivity index (χ3v) is 5.19. The molecule has 2 heterocycles. The Balaban J connectivity index is 1.77. The number of amides is 1. The fraction of sp³-hybridized carbons (Fsp3) is 0.250. The van der Waals surface area contributed by atoms with Crippen LogP contribution >= 0.6 is 15.9 Å². The molecule has 0 unspecified atom stereocenters. The molecular weight excluding hydrogens is 392 g/mol. The molecular formula is C20H19BrN4O. The number of fused-ring (bicyclic) bond motifs is 1. The maximum absolute atomic E-state index is 11.6. The Labute approximate surface area is 160 Å². The van der Waals surface area contributed by atoms with E-state index in [0.717, 1.165) is 45.7 Å². The standard InChI is InChI=1S/C20H19BrN4O/c1-14(26)24-9-11-25(12-10-24)20-22-18-8-7-16(21)13-17(18)19(23-20)15-5-3-2-4-6-15/h2-8,13H,9-12H2,1H3. The number of anilines is 1. The fourth-order valence-corrected chi connectivity index (χ4v) is 3.63. The lowest BCUT2D eigenvalue weighted by atomic mass is 10.1. The van der Waals surface area contributed by atoms with Crippen LogP contribution in [0.1, 0.15) is 6.92 Å². The van der Waals surface area contributed by atoms with Crippen molar-refractivity contribution in [3.05, 3.63) is 53.0 Å². The molecule has 26 heavy (non-hydrogen) atoms. The van der Waals surface area contributed by atoms with E-state index in [1.54, 1.807) is 6.92 Å². The summed E-state index contributed by atoms with van der Waals surface area (Å²) in [5.41, 5.74) is 2.92. The highest BCUT2D eigenvalue weighted by molar-refractivity contribution is 9.10. The highest BCUT2D eigenvalue weighted by atomic mass is 79.9. The van der Waals surface area contributed by atoms with E-state index in [1.165, 1.54) is 0 Å². The Morgan fingerprint density at radius 3 is 2.42 bits per heavy atom. The summed E-state index contributed by atoms with van der Waals surface area (Å²) in [7, 11) is 0. The van der Waals surface area contributed by atoms with Gasteiger partial charge in [0.1, 0.15) is 0 Å². The van der Waals surface area contributed by atoms with Crippen molar-refractivity contribution < 1.29 is 4.79 Å². The molecule has 0 atom stereocenters. The third-order valence-electron chi connectivity index (χ3n) is 4.70. The van der Waals surface area contributed by atoms with E-state index in [-0.39, 0.29) is 5.91 Å². The van der Waals surface area contributed by atoms with Gasteiger partial charge in [-0.1, -0.05) is 46.3 Å².